The van der Waals surface area contributed by atoms with Gasteiger partial charge in [0, 0.05) is 11.1 Å². The predicted molar refractivity (Wildman–Crippen MR) is 56.6 cm³/mol. The van der Waals surface area contributed by atoms with E-state index in [0.29, 0.717) is 5.02 Å². The molecule has 0 radical (unpaired) electrons. The Morgan fingerprint density at radius 2 is 1.86 bits per heavy atom. The van der Waals surface area contributed by atoms with Crippen molar-refractivity contribution in [3.63, 3.8) is 0 Å². The van der Waals surface area contributed by atoms with Gasteiger partial charge in [0.1, 0.15) is 0 Å². The fourth-order valence-electron chi connectivity index (χ4n) is 0.861. The zero-order chi connectivity index (χ0) is 10.4. The molecule has 0 aliphatic carbocycles. The van der Waals surface area contributed by atoms with E-state index in [1.807, 2.05) is 12.1 Å². The van der Waals surface area contributed by atoms with E-state index in [1.54, 1.807) is 24.3 Å². The van der Waals surface area contributed by atoms with Crippen LogP contribution in [0.2, 0.25) is 5.02 Å². The molecule has 0 atom stereocenters. The zero-order valence-corrected chi connectivity index (χ0v) is 8.02. The largest absolute Gasteiger partial charge is 0.259 e. The van der Waals surface area contributed by atoms with Crippen molar-refractivity contribution >= 4 is 17.7 Å². The summed E-state index contributed by atoms with van der Waals surface area (Å²) in [5, 5.41) is 10.6. The molecular formula is C10H8ClNO2. The van der Waals surface area contributed by atoms with Crippen LogP contribution >= 0.6 is 11.6 Å². The average Bonchev–Trinajstić information content (AvgIpc) is 2.15. The van der Waals surface area contributed by atoms with Crippen LogP contribution in [0.1, 0.15) is 5.56 Å². The standard InChI is InChI=1S/C10H8ClNO2/c11-10-6-4-9(5-7-10)3-1-2-8-12(13)14/h1-8H. The Balaban J connectivity index is 2.60. The van der Waals surface area contributed by atoms with Crippen LogP contribution in [-0.4, -0.2) is 4.92 Å². The van der Waals surface area contributed by atoms with Gasteiger partial charge in [-0.25, -0.2) is 0 Å². The van der Waals surface area contributed by atoms with Gasteiger partial charge in [-0.15, -0.1) is 0 Å². The molecule has 72 valence electrons. The van der Waals surface area contributed by atoms with Gasteiger partial charge >= 0.3 is 0 Å². The summed E-state index contributed by atoms with van der Waals surface area (Å²) in [6, 6.07) is 7.19. The Morgan fingerprint density at radius 3 is 2.43 bits per heavy atom. The van der Waals surface area contributed by atoms with Crippen LogP contribution in [0, 0.1) is 10.1 Å². The molecule has 0 bridgehead atoms. The topological polar surface area (TPSA) is 43.1 Å². The minimum absolute atomic E-state index is 0.508. The molecule has 1 aromatic rings. The summed E-state index contributed by atoms with van der Waals surface area (Å²) in [6.45, 7) is 0. The summed E-state index contributed by atoms with van der Waals surface area (Å²) >= 11 is 5.69. The smallest absolute Gasteiger partial charge is 0.234 e. The van der Waals surface area contributed by atoms with E-state index in [9.17, 15) is 10.1 Å². The lowest BCUT2D eigenvalue weighted by Gasteiger charge is -1.91. The number of allylic oxidation sites excluding steroid dienone is 2. The molecule has 0 unspecified atom stereocenters. The summed E-state index contributed by atoms with van der Waals surface area (Å²) in [7, 11) is 0. The number of halogens is 1. The van der Waals surface area contributed by atoms with Crippen molar-refractivity contribution in [2.45, 2.75) is 0 Å². The molecule has 0 aliphatic rings. The van der Waals surface area contributed by atoms with E-state index in [1.165, 1.54) is 6.08 Å². The summed E-state index contributed by atoms with van der Waals surface area (Å²) in [6.07, 6.45) is 5.61. The maximum Gasteiger partial charge on any atom is 0.234 e. The van der Waals surface area contributed by atoms with Gasteiger partial charge in [0.25, 0.3) is 0 Å². The first-order valence-electron chi connectivity index (χ1n) is 3.92. The van der Waals surface area contributed by atoms with Gasteiger partial charge in [0.15, 0.2) is 0 Å². The molecule has 0 aromatic heterocycles. The van der Waals surface area contributed by atoms with Crippen molar-refractivity contribution in [1.29, 1.82) is 0 Å². The maximum atomic E-state index is 9.92. The van der Waals surface area contributed by atoms with E-state index in [-0.39, 0.29) is 0 Å². The molecule has 0 amide bonds. The molecule has 0 heterocycles. The lowest BCUT2D eigenvalue weighted by molar-refractivity contribution is -0.402. The van der Waals surface area contributed by atoms with Gasteiger partial charge in [-0.3, -0.25) is 10.1 Å². The van der Waals surface area contributed by atoms with Crippen molar-refractivity contribution in [1.82, 2.24) is 0 Å². The van der Waals surface area contributed by atoms with Crippen molar-refractivity contribution in [2.75, 3.05) is 0 Å². The monoisotopic (exact) mass is 209 g/mol. The highest BCUT2D eigenvalue weighted by atomic mass is 35.5. The quantitative estimate of drug-likeness (QED) is 0.436. The Morgan fingerprint density at radius 1 is 1.21 bits per heavy atom. The SMILES string of the molecule is O=[N+]([O-])C=CC=Cc1ccc(Cl)cc1. The first-order chi connectivity index (χ1) is 6.68. The fourth-order valence-corrected chi connectivity index (χ4v) is 0.987. The van der Waals surface area contributed by atoms with Gasteiger partial charge in [0.05, 0.1) is 4.92 Å². The highest BCUT2D eigenvalue weighted by molar-refractivity contribution is 6.30. The normalized spacial score (nSPS) is 11.2. The maximum absolute atomic E-state index is 9.92. The van der Waals surface area contributed by atoms with Crippen molar-refractivity contribution in [3.05, 3.63) is 63.3 Å². The molecule has 0 saturated carbocycles. The Hall–Kier alpha value is -1.61. The molecule has 0 N–H and O–H groups in total. The zero-order valence-electron chi connectivity index (χ0n) is 7.26. The first kappa shape index (κ1) is 10.5. The molecular weight excluding hydrogens is 202 g/mol. The van der Waals surface area contributed by atoms with E-state index in [0.717, 1.165) is 11.8 Å². The van der Waals surface area contributed by atoms with Gasteiger partial charge in [-0.05, 0) is 17.7 Å². The summed E-state index contributed by atoms with van der Waals surface area (Å²) in [5.74, 6) is 0. The molecule has 0 aliphatic heterocycles. The third-order valence-electron chi connectivity index (χ3n) is 1.48. The highest BCUT2D eigenvalue weighted by Crippen LogP contribution is 2.10. The molecule has 1 rings (SSSR count). The minimum atomic E-state index is -0.508. The van der Waals surface area contributed by atoms with Gasteiger partial charge in [-0.2, -0.15) is 0 Å². The van der Waals surface area contributed by atoms with Crippen LogP contribution in [0.3, 0.4) is 0 Å². The van der Waals surface area contributed by atoms with Crippen LogP contribution in [-0.2, 0) is 0 Å². The Kier molecular flexibility index (Phi) is 3.88. The number of nitro groups is 1. The summed E-state index contributed by atoms with van der Waals surface area (Å²) in [4.78, 5) is 9.41. The Labute approximate surface area is 86.5 Å². The van der Waals surface area contributed by atoms with Gasteiger partial charge < -0.3 is 0 Å². The molecule has 1 aromatic carbocycles. The van der Waals surface area contributed by atoms with E-state index >= 15 is 0 Å². The third kappa shape index (κ3) is 3.87. The van der Waals surface area contributed by atoms with Crippen molar-refractivity contribution < 1.29 is 4.92 Å². The second-order valence-corrected chi connectivity index (χ2v) is 2.97. The van der Waals surface area contributed by atoms with E-state index in [4.69, 9.17) is 11.6 Å². The number of hydrogen-bond acceptors (Lipinski definition) is 2. The highest BCUT2D eigenvalue weighted by Gasteiger charge is 1.86. The fraction of sp³-hybridized carbons (Fsp3) is 0. The summed E-state index contributed by atoms with van der Waals surface area (Å²) in [5.41, 5.74) is 0.947. The van der Waals surface area contributed by atoms with Crippen LogP contribution in [0.5, 0.6) is 0 Å². The molecule has 0 saturated heterocycles. The lowest BCUT2D eigenvalue weighted by atomic mass is 10.2. The minimum Gasteiger partial charge on any atom is -0.259 e. The first-order valence-corrected chi connectivity index (χ1v) is 4.30. The number of nitrogens with zero attached hydrogens (tertiary/aromatic N) is 1. The predicted octanol–water partition coefficient (Wildman–Crippen LogP) is 3.14. The lowest BCUT2D eigenvalue weighted by Crippen LogP contribution is -1.80. The van der Waals surface area contributed by atoms with Crippen molar-refractivity contribution in [3.8, 4) is 0 Å². The third-order valence-corrected chi connectivity index (χ3v) is 1.73. The second kappa shape index (κ2) is 5.19. The molecule has 0 spiro atoms. The van der Waals surface area contributed by atoms with Crippen molar-refractivity contribution in [2.24, 2.45) is 0 Å². The molecule has 4 heteroatoms. The van der Waals surface area contributed by atoms with Gasteiger partial charge in [-0.1, -0.05) is 35.9 Å². The molecule has 0 fully saturated rings. The van der Waals surface area contributed by atoms with Crippen LogP contribution < -0.4 is 0 Å². The molecule has 14 heavy (non-hydrogen) atoms. The molecule has 3 nitrogen and oxygen atoms in total. The number of benzene rings is 1. The number of rotatable bonds is 3. The van der Waals surface area contributed by atoms with Crippen LogP contribution in [0.15, 0.2) is 42.6 Å². The average molecular weight is 210 g/mol. The van der Waals surface area contributed by atoms with Crippen LogP contribution in [0.25, 0.3) is 6.08 Å². The second-order valence-electron chi connectivity index (χ2n) is 2.54. The van der Waals surface area contributed by atoms with Gasteiger partial charge in [0.2, 0.25) is 6.20 Å². The van der Waals surface area contributed by atoms with Crippen LogP contribution in [0.4, 0.5) is 0 Å². The number of hydrogen-bond donors (Lipinski definition) is 0. The Bertz CT molecular complexity index is 368. The van der Waals surface area contributed by atoms with E-state index in [2.05, 4.69) is 0 Å². The van der Waals surface area contributed by atoms with E-state index < -0.39 is 4.92 Å². The summed E-state index contributed by atoms with van der Waals surface area (Å²) < 4.78 is 0.